The predicted octanol–water partition coefficient (Wildman–Crippen LogP) is 1.09. The fraction of sp³-hybridized carbons (Fsp3) is 0.333. The first-order valence-corrected chi connectivity index (χ1v) is 5.79. The SMILES string of the molecule is O=c1[nH]c2cc(C(F)(F)F)ccc2n(CCCO)c1=O. The topological polar surface area (TPSA) is 75.1 Å². The van der Waals surface area contributed by atoms with E-state index < -0.39 is 22.9 Å². The number of aliphatic hydroxyl groups is 1. The maximum Gasteiger partial charge on any atom is 0.416 e. The average Bonchev–Trinajstić information content (AvgIpc) is 2.38. The Morgan fingerprint density at radius 2 is 1.95 bits per heavy atom. The summed E-state index contributed by atoms with van der Waals surface area (Å²) in [5, 5.41) is 8.76. The summed E-state index contributed by atoms with van der Waals surface area (Å²) in [6, 6.07) is 2.76. The standard InChI is InChI=1S/C12H11F3N2O3/c13-12(14,15)7-2-3-9-8(6-7)16-10(19)11(20)17(9)4-1-5-18/h2-3,6,18H,1,4-5H2,(H,16,19). The van der Waals surface area contributed by atoms with Crippen LogP contribution in [0.5, 0.6) is 0 Å². The Balaban J connectivity index is 2.70. The molecule has 0 unspecified atom stereocenters. The Labute approximate surface area is 110 Å². The minimum Gasteiger partial charge on any atom is -0.396 e. The summed E-state index contributed by atoms with van der Waals surface area (Å²) in [5.41, 5.74) is -2.63. The van der Waals surface area contributed by atoms with Gasteiger partial charge in [0, 0.05) is 13.2 Å². The van der Waals surface area contributed by atoms with Gasteiger partial charge in [-0.1, -0.05) is 0 Å². The van der Waals surface area contributed by atoms with Crippen LogP contribution in [0, 0.1) is 0 Å². The summed E-state index contributed by atoms with van der Waals surface area (Å²) in [7, 11) is 0. The van der Waals surface area contributed by atoms with E-state index in [2.05, 4.69) is 4.98 Å². The zero-order valence-electron chi connectivity index (χ0n) is 10.2. The molecule has 0 aliphatic carbocycles. The van der Waals surface area contributed by atoms with Gasteiger partial charge < -0.3 is 14.7 Å². The number of nitrogens with zero attached hydrogens (tertiary/aromatic N) is 1. The second-order valence-electron chi connectivity index (χ2n) is 4.22. The van der Waals surface area contributed by atoms with Crippen molar-refractivity contribution in [1.82, 2.24) is 9.55 Å². The number of alkyl halides is 3. The van der Waals surface area contributed by atoms with Gasteiger partial charge in [-0.25, -0.2) is 0 Å². The van der Waals surface area contributed by atoms with Crippen LogP contribution in [0.4, 0.5) is 13.2 Å². The van der Waals surface area contributed by atoms with Crippen LogP contribution in [-0.4, -0.2) is 21.3 Å². The van der Waals surface area contributed by atoms with Crippen molar-refractivity contribution in [3.8, 4) is 0 Å². The fourth-order valence-corrected chi connectivity index (χ4v) is 1.91. The molecule has 0 atom stereocenters. The molecule has 0 bridgehead atoms. The highest BCUT2D eigenvalue weighted by molar-refractivity contribution is 5.75. The lowest BCUT2D eigenvalue weighted by Gasteiger charge is -2.11. The van der Waals surface area contributed by atoms with Crippen LogP contribution in [0.1, 0.15) is 12.0 Å². The zero-order chi connectivity index (χ0) is 14.9. The van der Waals surface area contributed by atoms with Crippen molar-refractivity contribution < 1.29 is 18.3 Å². The Morgan fingerprint density at radius 1 is 1.25 bits per heavy atom. The van der Waals surface area contributed by atoms with Crippen molar-refractivity contribution >= 4 is 11.0 Å². The second kappa shape index (κ2) is 5.12. The minimum atomic E-state index is -4.53. The molecule has 0 fully saturated rings. The van der Waals surface area contributed by atoms with Crippen molar-refractivity contribution in [3.63, 3.8) is 0 Å². The number of H-pyrrole nitrogens is 1. The first-order chi connectivity index (χ1) is 9.34. The molecule has 1 heterocycles. The quantitative estimate of drug-likeness (QED) is 0.830. The van der Waals surface area contributed by atoms with Gasteiger partial charge >= 0.3 is 17.3 Å². The molecule has 0 amide bonds. The van der Waals surface area contributed by atoms with Crippen LogP contribution in [0.25, 0.3) is 11.0 Å². The van der Waals surface area contributed by atoms with Crippen LogP contribution in [0.15, 0.2) is 27.8 Å². The number of rotatable bonds is 3. The van der Waals surface area contributed by atoms with Gasteiger partial charge in [-0.2, -0.15) is 13.2 Å². The third kappa shape index (κ3) is 2.60. The highest BCUT2D eigenvalue weighted by atomic mass is 19.4. The molecule has 0 aliphatic rings. The van der Waals surface area contributed by atoms with E-state index in [1.807, 2.05) is 0 Å². The third-order valence-corrected chi connectivity index (χ3v) is 2.84. The molecule has 2 aromatic rings. The number of hydrogen-bond donors (Lipinski definition) is 2. The molecule has 108 valence electrons. The van der Waals surface area contributed by atoms with E-state index in [-0.39, 0.29) is 30.6 Å². The zero-order valence-corrected chi connectivity index (χ0v) is 10.2. The summed E-state index contributed by atoms with van der Waals surface area (Å²) < 4.78 is 38.9. The van der Waals surface area contributed by atoms with Crippen molar-refractivity contribution in [2.24, 2.45) is 0 Å². The normalized spacial score (nSPS) is 12.0. The first kappa shape index (κ1) is 14.3. The van der Waals surface area contributed by atoms with Crippen LogP contribution < -0.4 is 11.1 Å². The van der Waals surface area contributed by atoms with E-state index in [9.17, 15) is 22.8 Å². The molecule has 2 N–H and O–H groups in total. The average molecular weight is 288 g/mol. The van der Waals surface area contributed by atoms with Gasteiger partial charge in [0.05, 0.1) is 16.6 Å². The molecule has 0 radical (unpaired) electrons. The Hall–Kier alpha value is -2.09. The van der Waals surface area contributed by atoms with Crippen molar-refractivity contribution in [2.45, 2.75) is 19.1 Å². The summed E-state index contributed by atoms with van der Waals surface area (Å²) in [4.78, 5) is 25.3. The Bertz CT molecular complexity index is 746. The van der Waals surface area contributed by atoms with Crippen LogP contribution in [0.2, 0.25) is 0 Å². The number of nitrogens with one attached hydrogen (secondary N) is 1. The monoisotopic (exact) mass is 288 g/mol. The molecule has 20 heavy (non-hydrogen) atoms. The maximum atomic E-state index is 12.6. The van der Waals surface area contributed by atoms with Gasteiger partial charge in [0.2, 0.25) is 0 Å². The van der Waals surface area contributed by atoms with Gasteiger partial charge in [0.25, 0.3) is 0 Å². The number of aliphatic hydroxyl groups excluding tert-OH is 1. The predicted molar refractivity (Wildman–Crippen MR) is 65.5 cm³/mol. The van der Waals surface area contributed by atoms with Gasteiger partial charge in [-0.05, 0) is 24.6 Å². The van der Waals surface area contributed by atoms with E-state index in [0.29, 0.717) is 0 Å². The molecular weight excluding hydrogens is 277 g/mol. The third-order valence-electron chi connectivity index (χ3n) is 2.84. The molecule has 0 spiro atoms. The second-order valence-corrected chi connectivity index (χ2v) is 4.22. The number of aromatic amines is 1. The van der Waals surface area contributed by atoms with Crippen LogP contribution in [0.3, 0.4) is 0 Å². The maximum absolute atomic E-state index is 12.6. The minimum absolute atomic E-state index is 0.0567. The van der Waals surface area contributed by atoms with E-state index in [0.717, 1.165) is 22.8 Å². The summed E-state index contributed by atoms with van der Waals surface area (Å²) >= 11 is 0. The lowest BCUT2D eigenvalue weighted by atomic mass is 10.2. The van der Waals surface area contributed by atoms with Crippen LogP contribution >= 0.6 is 0 Å². The Kier molecular flexibility index (Phi) is 3.67. The summed E-state index contributed by atoms with van der Waals surface area (Å²) in [5.74, 6) is 0. The van der Waals surface area contributed by atoms with E-state index in [1.54, 1.807) is 0 Å². The number of fused-ring (bicyclic) bond motifs is 1. The van der Waals surface area contributed by atoms with E-state index >= 15 is 0 Å². The molecule has 2 rings (SSSR count). The first-order valence-electron chi connectivity index (χ1n) is 5.79. The molecule has 5 nitrogen and oxygen atoms in total. The lowest BCUT2D eigenvalue weighted by molar-refractivity contribution is -0.137. The van der Waals surface area contributed by atoms with E-state index in [4.69, 9.17) is 5.11 Å². The highest BCUT2D eigenvalue weighted by Crippen LogP contribution is 2.30. The molecule has 1 aromatic carbocycles. The molecular formula is C12H11F3N2O3. The number of benzene rings is 1. The number of aromatic nitrogens is 2. The van der Waals surface area contributed by atoms with Crippen molar-refractivity contribution in [1.29, 1.82) is 0 Å². The number of halogens is 3. The summed E-state index contributed by atoms with van der Waals surface area (Å²) in [6.45, 7) is -0.136. The smallest absolute Gasteiger partial charge is 0.396 e. The van der Waals surface area contributed by atoms with Crippen molar-refractivity contribution in [3.05, 3.63) is 44.5 Å². The number of hydrogen-bond acceptors (Lipinski definition) is 3. The van der Waals surface area contributed by atoms with Gasteiger partial charge in [-0.3, -0.25) is 9.59 Å². The highest BCUT2D eigenvalue weighted by Gasteiger charge is 2.30. The molecule has 0 saturated carbocycles. The molecule has 1 aromatic heterocycles. The van der Waals surface area contributed by atoms with Crippen molar-refractivity contribution in [2.75, 3.05) is 6.61 Å². The number of aryl methyl sites for hydroxylation is 1. The Morgan fingerprint density at radius 3 is 2.55 bits per heavy atom. The molecule has 8 heteroatoms. The van der Waals surface area contributed by atoms with Gasteiger partial charge in [0.15, 0.2) is 0 Å². The fourth-order valence-electron chi connectivity index (χ4n) is 1.91. The molecule has 0 saturated heterocycles. The largest absolute Gasteiger partial charge is 0.416 e. The van der Waals surface area contributed by atoms with Gasteiger partial charge in [0.1, 0.15) is 0 Å². The lowest BCUT2D eigenvalue weighted by Crippen LogP contribution is -2.36. The summed E-state index contributed by atoms with van der Waals surface area (Å²) in [6.07, 6.45) is -4.31. The van der Waals surface area contributed by atoms with E-state index in [1.165, 1.54) is 0 Å². The molecule has 0 aliphatic heterocycles. The van der Waals surface area contributed by atoms with Gasteiger partial charge in [-0.15, -0.1) is 0 Å². The van der Waals surface area contributed by atoms with Crippen LogP contribution in [-0.2, 0) is 12.7 Å².